The van der Waals surface area contributed by atoms with Crippen molar-refractivity contribution < 1.29 is 23.8 Å². The second kappa shape index (κ2) is 5.67. The summed E-state index contributed by atoms with van der Waals surface area (Å²) in [6.07, 6.45) is 0. The average Bonchev–Trinajstić information content (AvgIpc) is 2.20. The van der Waals surface area contributed by atoms with E-state index < -0.39 is 11.9 Å². The number of hydrogen-bond acceptors (Lipinski definition) is 5. The minimum atomic E-state index is -0.468. The molecular formula is C11H11BrO5. The largest absolute Gasteiger partial charge is 0.493 e. The molecule has 0 fully saturated rings. The molecular weight excluding hydrogens is 292 g/mol. The summed E-state index contributed by atoms with van der Waals surface area (Å²) in [5, 5.41) is 0. The fraction of sp³-hybridized carbons (Fsp3) is 0.273. The Bertz CT molecular complexity index is 455. The Kier molecular flexibility index (Phi) is 4.51. The SMILES string of the molecule is COc1cc(OC(C)=O)cc(Br)c1OC(C)=O. The smallest absolute Gasteiger partial charge is 0.308 e. The van der Waals surface area contributed by atoms with E-state index in [1.165, 1.54) is 33.1 Å². The van der Waals surface area contributed by atoms with E-state index in [0.717, 1.165) is 0 Å². The van der Waals surface area contributed by atoms with Gasteiger partial charge in [0.05, 0.1) is 11.6 Å². The predicted molar refractivity (Wildman–Crippen MR) is 63.3 cm³/mol. The van der Waals surface area contributed by atoms with Gasteiger partial charge in [-0.1, -0.05) is 0 Å². The Balaban J connectivity index is 3.15. The second-order valence-corrected chi connectivity index (χ2v) is 3.98. The van der Waals surface area contributed by atoms with E-state index in [1.54, 1.807) is 0 Å². The number of carbonyl (C=O) groups is 2. The lowest BCUT2D eigenvalue weighted by Gasteiger charge is -2.11. The molecule has 17 heavy (non-hydrogen) atoms. The first-order chi connectivity index (χ1) is 7.93. The molecule has 6 heteroatoms. The van der Waals surface area contributed by atoms with Crippen LogP contribution in [0.2, 0.25) is 0 Å². The number of benzene rings is 1. The normalized spacial score (nSPS) is 9.65. The maximum Gasteiger partial charge on any atom is 0.308 e. The number of carbonyl (C=O) groups excluding carboxylic acids is 2. The maximum absolute atomic E-state index is 10.9. The van der Waals surface area contributed by atoms with Gasteiger partial charge in [0.15, 0.2) is 11.5 Å². The summed E-state index contributed by atoms with van der Waals surface area (Å²) in [6, 6.07) is 2.98. The molecule has 0 aromatic heterocycles. The second-order valence-electron chi connectivity index (χ2n) is 3.12. The number of hydrogen-bond donors (Lipinski definition) is 0. The highest BCUT2D eigenvalue weighted by molar-refractivity contribution is 9.10. The molecule has 0 amide bonds. The third kappa shape index (κ3) is 3.74. The van der Waals surface area contributed by atoms with Crippen molar-refractivity contribution in [1.29, 1.82) is 0 Å². The molecule has 0 saturated heterocycles. The third-order valence-corrected chi connectivity index (χ3v) is 2.30. The highest BCUT2D eigenvalue weighted by Gasteiger charge is 2.14. The standard InChI is InChI=1S/C11H11BrO5/c1-6(13)16-8-4-9(12)11(17-7(2)14)10(5-8)15-3/h4-5H,1-3H3. The van der Waals surface area contributed by atoms with Crippen LogP contribution in [0.1, 0.15) is 13.8 Å². The predicted octanol–water partition coefficient (Wildman–Crippen LogP) is 2.31. The van der Waals surface area contributed by atoms with E-state index in [9.17, 15) is 9.59 Å². The fourth-order valence-electron chi connectivity index (χ4n) is 1.16. The Hall–Kier alpha value is -1.56. The van der Waals surface area contributed by atoms with Crippen LogP contribution in [0.15, 0.2) is 16.6 Å². The van der Waals surface area contributed by atoms with E-state index in [-0.39, 0.29) is 5.75 Å². The van der Waals surface area contributed by atoms with Gasteiger partial charge in [0.25, 0.3) is 0 Å². The summed E-state index contributed by atoms with van der Waals surface area (Å²) in [5.41, 5.74) is 0. The van der Waals surface area contributed by atoms with Gasteiger partial charge in [-0.2, -0.15) is 0 Å². The Morgan fingerprint density at radius 1 is 1.12 bits per heavy atom. The van der Waals surface area contributed by atoms with Crippen LogP contribution in [0.5, 0.6) is 17.2 Å². The highest BCUT2D eigenvalue weighted by atomic mass is 79.9. The van der Waals surface area contributed by atoms with Crippen LogP contribution in [0, 0.1) is 0 Å². The molecule has 0 bridgehead atoms. The Labute approximate surface area is 107 Å². The van der Waals surface area contributed by atoms with Crippen molar-refractivity contribution in [3.63, 3.8) is 0 Å². The van der Waals surface area contributed by atoms with Crippen LogP contribution in [-0.2, 0) is 9.59 Å². The lowest BCUT2D eigenvalue weighted by molar-refractivity contribution is -0.133. The molecule has 1 aromatic rings. The minimum Gasteiger partial charge on any atom is -0.493 e. The van der Waals surface area contributed by atoms with Gasteiger partial charge in [0.1, 0.15) is 5.75 Å². The third-order valence-electron chi connectivity index (χ3n) is 1.71. The molecule has 0 heterocycles. The summed E-state index contributed by atoms with van der Waals surface area (Å²) in [5.74, 6) is -0.0673. The van der Waals surface area contributed by atoms with Crippen molar-refractivity contribution in [3.05, 3.63) is 16.6 Å². The molecule has 92 valence electrons. The molecule has 1 aromatic carbocycles. The van der Waals surface area contributed by atoms with Gasteiger partial charge in [-0.05, 0) is 22.0 Å². The monoisotopic (exact) mass is 302 g/mol. The first kappa shape index (κ1) is 13.5. The van der Waals surface area contributed by atoms with Crippen LogP contribution in [0.25, 0.3) is 0 Å². The van der Waals surface area contributed by atoms with E-state index in [2.05, 4.69) is 15.9 Å². The first-order valence-corrected chi connectivity index (χ1v) is 5.47. The molecule has 0 aliphatic heterocycles. The van der Waals surface area contributed by atoms with Crippen LogP contribution in [0.3, 0.4) is 0 Å². The highest BCUT2D eigenvalue weighted by Crippen LogP contribution is 2.39. The van der Waals surface area contributed by atoms with Crippen molar-refractivity contribution in [2.75, 3.05) is 7.11 Å². The Morgan fingerprint density at radius 3 is 2.18 bits per heavy atom. The Morgan fingerprint density at radius 2 is 1.71 bits per heavy atom. The van der Waals surface area contributed by atoms with Gasteiger partial charge in [0, 0.05) is 19.9 Å². The quantitative estimate of drug-likeness (QED) is 0.633. The van der Waals surface area contributed by atoms with Crippen molar-refractivity contribution in [2.24, 2.45) is 0 Å². The lowest BCUT2D eigenvalue weighted by Crippen LogP contribution is -2.05. The molecule has 0 radical (unpaired) electrons. The summed E-state index contributed by atoms with van der Waals surface area (Å²) >= 11 is 3.21. The first-order valence-electron chi connectivity index (χ1n) is 4.68. The van der Waals surface area contributed by atoms with Crippen LogP contribution >= 0.6 is 15.9 Å². The summed E-state index contributed by atoms with van der Waals surface area (Å²) in [7, 11) is 1.42. The van der Waals surface area contributed by atoms with E-state index in [4.69, 9.17) is 14.2 Å². The molecule has 1 rings (SSSR count). The number of ether oxygens (including phenoxy) is 3. The summed E-state index contributed by atoms with van der Waals surface area (Å²) < 4.78 is 15.4. The van der Waals surface area contributed by atoms with E-state index in [0.29, 0.717) is 16.0 Å². The number of halogens is 1. The van der Waals surface area contributed by atoms with Crippen LogP contribution < -0.4 is 14.2 Å². The van der Waals surface area contributed by atoms with Gasteiger partial charge >= 0.3 is 11.9 Å². The summed E-state index contributed by atoms with van der Waals surface area (Å²) in [4.78, 5) is 21.7. The average molecular weight is 303 g/mol. The molecule has 0 atom stereocenters. The van der Waals surface area contributed by atoms with Gasteiger partial charge < -0.3 is 14.2 Å². The zero-order valence-corrected chi connectivity index (χ0v) is 11.2. The fourth-order valence-corrected chi connectivity index (χ4v) is 1.67. The molecule has 0 N–H and O–H groups in total. The van der Waals surface area contributed by atoms with Crippen molar-refractivity contribution in [1.82, 2.24) is 0 Å². The zero-order valence-electron chi connectivity index (χ0n) is 9.57. The number of methoxy groups -OCH3 is 1. The molecule has 0 saturated carbocycles. The van der Waals surface area contributed by atoms with Crippen molar-refractivity contribution >= 4 is 27.9 Å². The van der Waals surface area contributed by atoms with Crippen LogP contribution in [0.4, 0.5) is 0 Å². The van der Waals surface area contributed by atoms with E-state index in [1.807, 2.05) is 0 Å². The van der Waals surface area contributed by atoms with Gasteiger partial charge in [-0.25, -0.2) is 0 Å². The van der Waals surface area contributed by atoms with Gasteiger partial charge in [0.2, 0.25) is 0 Å². The maximum atomic E-state index is 10.9. The number of rotatable bonds is 3. The lowest BCUT2D eigenvalue weighted by atomic mass is 10.3. The molecule has 0 aliphatic carbocycles. The van der Waals surface area contributed by atoms with Gasteiger partial charge in [-0.15, -0.1) is 0 Å². The number of esters is 2. The topological polar surface area (TPSA) is 61.8 Å². The molecule has 0 spiro atoms. The minimum absolute atomic E-state index is 0.246. The molecule has 0 aliphatic rings. The van der Waals surface area contributed by atoms with Crippen molar-refractivity contribution in [2.45, 2.75) is 13.8 Å². The van der Waals surface area contributed by atoms with Crippen LogP contribution in [-0.4, -0.2) is 19.0 Å². The molecule has 0 unspecified atom stereocenters. The van der Waals surface area contributed by atoms with Gasteiger partial charge in [-0.3, -0.25) is 9.59 Å². The van der Waals surface area contributed by atoms with E-state index >= 15 is 0 Å². The van der Waals surface area contributed by atoms with Crippen molar-refractivity contribution in [3.8, 4) is 17.2 Å². The summed E-state index contributed by atoms with van der Waals surface area (Å²) in [6.45, 7) is 2.58. The zero-order chi connectivity index (χ0) is 13.0. The molecule has 5 nitrogen and oxygen atoms in total.